The number of anilines is 2. The molecule has 1 spiro atoms. The zero-order chi connectivity index (χ0) is 29.4. The minimum atomic E-state index is -1.11. The van der Waals surface area contributed by atoms with Crippen molar-refractivity contribution in [3.8, 4) is 11.5 Å². The van der Waals surface area contributed by atoms with Crippen molar-refractivity contribution in [2.75, 3.05) is 22.9 Å². The number of para-hydroxylation sites is 1. The molecular formula is C38H34N2O3. The molecule has 0 radical (unpaired) electrons. The lowest BCUT2D eigenvalue weighted by Crippen LogP contribution is -2.33. The van der Waals surface area contributed by atoms with Crippen LogP contribution in [0, 0.1) is 0 Å². The molecule has 0 bridgehead atoms. The molecule has 214 valence electrons. The SMILES string of the molecule is CCN(CC)c1ccc2c(c1)Oc1ccccc1C21OC(=O)c2c(N(Cc3ccccc3)Cc3ccccc3)cccc21. The van der Waals surface area contributed by atoms with Crippen LogP contribution in [0.4, 0.5) is 11.4 Å². The van der Waals surface area contributed by atoms with Crippen molar-refractivity contribution in [3.05, 3.63) is 155 Å². The van der Waals surface area contributed by atoms with Crippen molar-refractivity contribution >= 4 is 17.3 Å². The van der Waals surface area contributed by atoms with Gasteiger partial charge in [-0.15, -0.1) is 0 Å². The molecule has 0 fully saturated rings. The average Bonchev–Trinajstić information content (AvgIpc) is 3.35. The first-order valence-electron chi connectivity index (χ1n) is 15.0. The number of hydrogen-bond acceptors (Lipinski definition) is 5. The third kappa shape index (κ3) is 4.52. The third-order valence-corrected chi connectivity index (χ3v) is 8.60. The fourth-order valence-corrected chi connectivity index (χ4v) is 6.57. The number of carbonyl (C=O) groups excluding carboxylic acids is 1. The van der Waals surface area contributed by atoms with Gasteiger partial charge in [-0.25, -0.2) is 4.79 Å². The second-order valence-electron chi connectivity index (χ2n) is 11.0. The lowest BCUT2D eigenvalue weighted by Gasteiger charge is -2.37. The molecule has 5 aromatic carbocycles. The summed E-state index contributed by atoms with van der Waals surface area (Å²) in [6.07, 6.45) is 0. The van der Waals surface area contributed by atoms with Gasteiger partial charge in [0, 0.05) is 54.6 Å². The summed E-state index contributed by atoms with van der Waals surface area (Å²) in [5.74, 6) is 1.08. The van der Waals surface area contributed by atoms with Gasteiger partial charge in [0.05, 0.1) is 11.3 Å². The van der Waals surface area contributed by atoms with E-state index in [9.17, 15) is 4.79 Å². The monoisotopic (exact) mass is 566 g/mol. The highest BCUT2D eigenvalue weighted by Gasteiger charge is 2.54. The standard InChI is InChI=1S/C38H34N2O3/c1-3-39(4-2)29-22-23-31-35(24-29)42-34-21-12-11-18-30(34)38(31)32-19-13-20-33(36(32)37(41)43-38)40(25-27-14-7-5-8-15-27)26-28-16-9-6-10-17-28/h5-24H,3-4,25-26H2,1-2H3. The molecule has 2 aliphatic rings. The van der Waals surface area contributed by atoms with E-state index in [1.165, 1.54) is 11.1 Å². The van der Waals surface area contributed by atoms with Crippen LogP contribution < -0.4 is 14.5 Å². The maximum atomic E-state index is 14.2. The fraction of sp³-hybridized carbons (Fsp3) is 0.184. The summed E-state index contributed by atoms with van der Waals surface area (Å²) in [7, 11) is 0. The molecule has 0 saturated heterocycles. The number of carbonyl (C=O) groups is 1. The van der Waals surface area contributed by atoms with Crippen molar-refractivity contribution in [2.45, 2.75) is 32.5 Å². The van der Waals surface area contributed by atoms with Crippen LogP contribution in [-0.2, 0) is 23.4 Å². The molecular weight excluding hydrogens is 532 g/mol. The summed E-state index contributed by atoms with van der Waals surface area (Å²) in [4.78, 5) is 18.7. The van der Waals surface area contributed by atoms with Crippen LogP contribution in [0.2, 0.25) is 0 Å². The Hall–Kier alpha value is -5.03. The van der Waals surface area contributed by atoms with Crippen molar-refractivity contribution < 1.29 is 14.3 Å². The number of benzene rings is 5. The van der Waals surface area contributed by atoms with Crippen LogP contribution in [-0.4, -0.2) is 19.1 Å². The molecule has 2 heterocycles. The van der Waals surface area contributed by atoms with Crippen LogP contribution in [0.25, 0.3) is 0 Å². The highest BCUT2D eigenvalue weighted by Crippen LogP contribution is 2.57. The normalized spacial score (nSPS) is 16.1. The van der Waals surface area contributed by atoms with Crippen LogP contribution >= 0.6 is 0 Å². The molecule has 1 atom stereocenters. The Morgan fingerprint density at radius 1 is 0.605 bits per heavy atom. The summed E-state index contributed by atoms with van der Waals surface area (Å²) in [6, 6.07) is 41.0. The lowest BCUT2D eigenvalue weighted by molar-refractivity contribution is 0.0224. The fourth-order valence-electron chi connectivity index (χ4n) is 6.57. The molecule has 5 aromatic rings. The minimum Gasteiger partial charge on any atom is -0.456 e. The largest absolute Gasteiger partial charge is 0.456 e. The molecule has 1 unspecified atom stereocenters. The lowest BCUT2D eigenvalue weighted by atomic mass is 9.77. The molecule has 0 amide bonds. The number of fused-ring (bicyclic) bond motifs is 6. The smallest absolute Gasteiger partial charge is 0.342 e. The second-order valence-corrected chi connectivity index (χ2v) is 11.0. The van der Waals surface area contributed by atoms with E-state index in [0.717, 1.165) is 41.2 Å². The topological polar surface area (TPSA) is 42.0 Å². The van der Waals surface area contributed by atoms with Gasteiger partial charge in [0.2, 0.25) is 0 Å². The first kappa shape index (κ1) is 26.8. The van der Waals surface area contributed by atoms with E-state index in [1.54, 1.807) is 0 Å². The van der Waals surface area contributed by atoms with E-state index >= 15 is 0 Å². The van der Waals surface area contributed by atoms with Crippen LogP contribution in [0.3, 0.4) is 0 Å². The van der Waals surface area contributed by atoms with Gasteiger partial charge in [-0.2, -0.15) is 0 Å². The van der Waals surface area contributed by atoms with Gasteiger partial charge in [-0.3, -0.25) is 0 Å². The zero-order valence-electron chi connectivity index (χ0n) is 24.5. The Balaban J connectivity index is 1.41. The van der Waals surface area contributed by atoms with Crippen LogP contribution in [0.15, 0.2) is 121 Å². The van der Waals surface area contributed by atoms with Gasteiger partial charge < -0.3 is 19.3 Å². The van der Waals surface area contributed by atoms with Gasteiger partial charge in [0.15, 0.2) is 5.60 Å². The maximum Gasteiger partial charge on any atom is 0.342 e. The first-order chi connectivity index (χ1) is 21.1. The van der Waals surface area contributed by atoms with Crippen LogP contribution in [0.1, 0.15) is 52.0 Å². The number of hydrogen-bond donors (Lipinski definition) is 0. The number of nitrogens with zero attached hydrogens (tertiary/aromatic N) is 2. The Morgan fingerprint density at radius 3 is 1.88 bits per heavy atom. The van der Waals surface area contributed by atoms with Crippen molar-refractivity contribution in [1.29, 1.82) is 0 Å². The summed E-state index contributed by atoms with van der Waals surface area (Å²) < 4.78 is 13.1. The van der Waals surface area contributed by atoms with Gasteiger partial charge >= 0.3 is 5.97 Å². The number of esters is 1. The second kappa shape index (κ2) is 11.0. The summed E-state index contributed by atoms with van der Waals surface area (Å²) in [5, 5.41) is 0. The number of ether oxygens (including phenoxy) is 2. The minimum absolute atomic E-state index is 0.327. The highest BCUT2D eigenvalue weighted by atomic mass is 16.6. The molecule has 0 saturated carbocycles. The Labute approximate surface area is 252 Å². The molecule has 2 aliphatic heterocycles. The highest BCUT2D eigenvalue weighted by molar-refractivity contribution is 6.02. The molecule has 0 aromatic heterocycles. The molecule has 5 heteroatoms. The third-order valence-electron chi connectivity index (χ3n) is 8.60. The molecule has 5 nitrogen and oxygen atoms in total. The van der Waals surface area contributed by atoms with E-state index in [0.29, 0.717) is 30.2 Å². The van der Waals surface area contributed by atoms with Crippen molar-refractivity contribution in [1.82, 2.24) is 0 Å². The Bertz CT molecular complexity index is 1740. The summed E-state index contributed by atoms with van der Waals surface area (Å²) in [6.45, 7) is 7.36. The Morgan fingerprint density at radius 2 is 1.21 bits per heavy atom. The van der Waals surface area contributed by atoms with E-state index in [1.807, 2.05) is 54.6 Å². The molecule has 43 heavy (non-hydrogen) atoms. The van der Waals surface area contributed by atoms with Gasteiger partial charge in [-0.05, 0) is 49.2 Å². The average molecular weight is 567 g/mol. The predicted molar refractivity (Wildman–Crippen MR) is 171 cm³/mol. The molecule has 7 rings (SSSR count). The van der Waals surface area contributed by atoms with Gasteiger partial charge in [-0.1, -0.05) is 91.0 Å². The van der Waals surface area contributed by atoms with E-state index in [2.05, 4.69) is 90.4 Å². The Kier molecular flexibility index (Phi) is 6.86. The van der Waals surface area contributed by atoms with Crippen LogP contribution in [0.5, 0.6) is 11.5 Å². The van der Waals surface area contributed by atoms with E-state index in [-0.39, 0.29) is 5.97 Å². The van der Waals surface area contributed by atoms with Gasteiger partial charge in [0.25, 0.3) is 0 Å². The summed E-state index contributed by atoms with van der Waals surface area (Å²) >= 11 is 0. The first-order valence-corrected chi connectivity index (χ1v) is 15.0. The predicted octanol–water partition coefficient (Wildman–Crippen LogP) is 8.31. The van der Waals surface area contributed by atoms with Crippen molar-refractivity contribution in [3.63, 3.8) is 0 Å². The van der Waals surface area contributed by atoms with E-state index in [4.69, 9.17) is 9.47 Å². The maximum absolute atomic E-state index is 14.2. The van der Waals surface area contributed by atoms with Gasteiger partial charge in [0.1, 0.15) is 11.5 Å². The quantitative estimate of drug-likeness (QED) is 0.177. The summed E-state index contributed by atoms with van der Waals surface area (Å²) in [5.41, 5.74) is 6.28. The van der Waals surface area contributed by atoms with E-state index < -0.39 is 5.60 Å². The zero-order valence-corrected chi connectivity index (χ0v) is 24.5. The molecule has 0 aliphatic carbocycles. The number of rotatable bonds is 8. The van der Waals surface area contributed by atoms with Crippen molar-refractivity contribution in [2.24, 2.45) is 0 Å². The molecule has 0 N–H and O–H groups in total.